The van der Waals surface area contributed by atoms with Crippen LogP contribution in [0, 0.1) is 0 Å². The van der Waals surface area contributed by atoms with E-state index in [0.29, 0.717) is 17.1 Å². The van der Waals surface area contributed by atoms with Crippen LogP contribution in [0.25, 0.3) is 0 Å². The summed E-state index contributed by atoms with van der Waals surface area (Å²) in [5.41, 5.74) is 0. The second kappa shape index (κ2) is 5.77. The van der Waals surface area contributed by atoms with Crippen molar-refractivity contribution < 1.29 is 19.4 Å². The highest BCUT2D eigenvalue weighted by Gasteiger charge is 2.07. The maximum absolute atomic E-state index is 10.8. The van der Waals surface area contributed by atoms with Gasteiger partial charge in [-0.2, -0.15) is 0 Å². The summed E-state index contributed by atoms with van der Waals surface area (Å²) in [5, 5.41) is 10.4. The molecule has 0 fully saturated rings. The van der Waals surface area contributed by atoms with Crippen molar-refractivity contribution in [3.8, 4) is 0 Å². The highest BCUT2D eigenvalue weighted by Crippen LogP contribution is 2.25. The SMILES string of the molecule is COC(=O)CCSc1csc(C(=O)O)c1. The van der Waals surface area contributed by atoms with Gasteiger partial charge in [-0.15, -0.1) is 23.1 Å². The molecule has 4 nitrogen and oxygen atoms in total. The first kappa shape index (κ1) is 12.1. The Morgan fingerprint density at radius 3 is 2.87 bits per heavy atom. The van der Waals surface area contributed by atoms with Crippen molar-refractivity contribution in [3.63, 3.8) is 0 Å². The normalized spacial score (nSPS) is 9.93. The summed E-state index contributed by atoms with van der Waals surface area (Å²) in [6, 6.07) is 1.61. The van der Waals surface area contributed by atoms with E-state index < -0.39 is 5.97 Å². The minimum absolute atomic E-state index is 0.254. The maximum Gasteiger partial charge on any atom is 0.345 e. The molecule has 0 unspecified atom stereocenters. The highest BCUT2D eigenvalue weighted by molar-refractivity contribution is 7.99. The first-order valence-electron chi connectivity index (χ1n) is 4.15. The number of hydrogen-bond acceptors (Lipinski definition) is 5. The van der Waals surface area contributed by atoms with Crippen molar-refractivity contribution in [1.29, 1.82) is 0 Å². The van der Waals surface area contributed by atoms with Gasteiger partial charge in [-0.1, -0.05) is 0 Å². The van der Waals surface area contributed by atoms with Crippen LogP contribution in [0.1, 0.15) is 16.1 Å². The van der Waals surface area contributed by atoms with Gasteiger partial charge in [-0.3, -0.25) is 4.79 Å². The molecule has 0 bridgehead atoms. The van der Waals surface area contributed by atoms with Gasteiger partial charge in [0.15, 0.2) is 0 Å². The second-order valence-electron chi connectivity index (χ2n) is 2.63. The van der Waals surface area contributed by atoms with Gasteiger partial charge in [0.05, 0.1) is 13.5 Å². The summed E-state index contributed by atoms with van der Waals surface area (Å²) in [6.45, 7) is 0. The molecule has 6 heteroatoms. The lowest BCUT2D eigenvalue weighted by Gasteiger charge is -1.97. The Morgan fingerprint density at radius 1 is 1.60 bits per heavy atom. The fraction of sp³-hybridized carbons (Fsp3) is 0.333. The van der Waals surface area contributed by atoms with Crippen molar-refractivity contribution in [1.82, 2.24) is 0 Å². The van der Waals surface area contributed by atoms with Crippen LogP contribution in [0.4, 0.5) is 0 Å². The third-order valence-corrected chi connectivity index (χ3v) is 3.63. The van der Waals surface area contributed by atoms with E-state index in [1.165, 1.54) is 30.2 Å². The molecule has 0 atom stereocenters. The number of ether oxygens (including phenoxy) is 1. The van der Waals surface area contributed by atoms with E-state index in [9.17, 15) is 9.59 Å². The van der Waals surface area contributed by atoms with E-state index in [2.05, 4.69) is 4.74 Å². The monoisotopic (exact) mass is 246 g/mol. The molecule has 0 aromatic carbocycles. The van der Waals surface area contributed by atoms with E-state index >= 15 is 0 Å². The number of thioether (sulfide) groups is 1. The summed E-state index contributed by atoms with van der Waals surface area (Å²) in [7, 11) is 1.35. The number of carboxylic acid groups (broad SMARTS) is 1. The molecule has 1 heterocycles. The van der Waals surface area contributed by atoms with Crippen LogP contribution in [-0.2, 0) is 9.53 Å². The van der Waals surface area contributed by atoms with Crippen LogP contribution in [0.3, 0.4) is 0 Å². The Balaban J connectivity index is 2.38. The predicted molar refractivity (Wildman–Crippen MR) is 58.6 cm³/mol. The van der Waals surface area contributed by atoms with Crippen molar-refractivity contribution >= 4 is 35.0 Å². The largest absolute Gasteiger partial charge is 0.477 e. The number of thiophene rings is 1. The van der Waals surface area contributed by atoms with E-state index in [1.54, 1.807) is 11.4 Å². The van der Waals surface area contributed by atoms with Gasteiger partial charge in [0.1, 0.15) is 4.88 Å². The van der Waals surface area contributed by atoms with Gasteiger partial charge in [-0.25, -0.2) is 4.79 Å². The maximum atomic E-state index is 10.8. The summed E-state index contributed by atoms with van der Waals surface area (Å²) in [6.07, 6.45) is 0.333. The molecule has 15 heavy (non-hydrogen) atoms. The van der Waals surface area contributed by atoms with Gasteiger partial charge in [0.2, 0.25) is 0 Å². The third-order valence-electron chi connectivity index (χ3n) is 1.59. The van der Waals surface area contributed by atoms with Gasteiger partial charge in [0, 0.05) is 16.0 Å². The molecular weight excluding hydrogens is 236 g/mol. The summed E-state index contributed by atoms with van der Waals surface area (Å²) >= 11 is 2.63. The topological polar surface area (TPSA) is 63.6 Å². The lowest BCUT2D eigenvalue weighted by atomic mass is 10.5. The Labute approximate surface area is 95.3 Å². The zero-order valence-electron chi connectivity index (χ0n) is 8.06. The molecule has 0 amide bonds. The summed E-state index contributed by atoms with van der Waals surface area (Å²) < 4.78 is 4.49. The van der Waals surface area contributed by atoms with E-state index in [1.807, 2.05) is 0 Å². The standard InChI is InChI=1S/C9H10O4S2/c1-13-8(10)2-3-14-6-4-7(9(11)12)15-5-6/h4-5H,2-3H2,1H3,(H,11,12). The fourth-order valence-corrected chi connectivity index (χ4v) is 2.66. The molecule has 1 aromatic heterocycles. The molecule has 0 aliphatic rings. The van der Waals surface area contributed by atoms with Crippen LogP contribution in [-0.4, -0.2) is 29.9 Å². The summed E-state index contributed by atoms with van der Waals surface area (Å²) in [5.74, 6) is -0.571. The Morgan fingerprint density at radius 2 is 2.33 bits per heavy atom. The summed E-state index contributed by atoms with van der Waals surface area (Å²) in [4.78, 5) is 22.5. The lowest BCUT2D eigenvalue weighted by molar-refractivity contribution is -0.140. The van der Waals surface area contributed by atoms with E-state index in [0.717, 1.165) is 4.90 Å². The predicted octanol–water partition coefficient (Wildman–Crippen LogP) is 2.10. The number of aromatic carboxylic acids is 1. The smallest absolute Gasteiger partial charge is 0.345 e. The zero-order valence-corrected chi connectivity index (χ0v) is 9.69. The van der Waals surface area contributed by atoms with E-state index in [-0.39, 0.29) is 5.97 Å². The molecule has 0 aliphatic heterocycles. The number of esters is 1. The quantitative estimate of drug-likeness (QED) is 0.636. The number of carbonyl (C=O) groups excluding carboxylic acids is 1. The molecule has 1 aromatic rings. The van der Waals surface area contributed by atoms with Gasteiger partial charge in [-0.05, 0) is 6.07 Å². The van der Waals surface area contributed by atoms with Crippen LogP contribution in [0.5, 0.6) is 0 Å². The van der Waals surface area contributed by atoms with Crippen molar-refractivity contribution in [2.75, 3.05) is 12.9 Å². The van der Waals surface area contributed by atoms with Crippen LogP contribution >= 0.6 is 23.1 Å². The first-order chi connectivity index (χ1) is 7.13. The lowest BCUT2D eigenvalue weighted by Crippen LogP contribution is -2.00. The minimum atomic E-state index is -0.917. The number of methoxy groups -OCH3 is 1. The first-order valence-corrected chi connectivity index (χ1v) is 6.01. The molecular formula is C9H10O4S2. The highest BCUT2D eigenvalue weighted by atomic mass is 32.2. The van der Waals surface area contributed by atoms with E-state index in [4.69, 9.17) is 5.11 Å². The Kier molecular flexibility index (Phi) is 4.64. The van der Waals surface area contributed by atoms with Crippen LogP contribution in [0.2, 0.25) is 0 Å². The molecule has 1 N–H and O–H groups in total. The Bertz CT molecular complexity index is 359. The minimum Gasteiger partial charge on any atom is -0.477 e. The van der Waals surface area contributed by atoms with Gasteiger partial charge in [0.25, 0.3) is 0 Å². The average molecular weight is 246 g/mol. The number of carboxylic acids is 1. The average Bonchev–Trinajstić information content (AvgIpc) is 2.66. The third kappa shape index (κ3) is 3.93. The van der Waals surface area contributed by atoms with Crippen LogP contribution < -0.4 is 0 Å². The molecule has 0 saturated heterocycles. The van der Waals surface area contributed by atoms with Crippen molar-refractivity contribution in [2.45, 2.75) is 11.3 Å². The number of rotatable bonds is 5. The van der Waals surface area contributed by atoms with Gasteiger partial charge >= 0.3 is 11.9 Å². The second-order valence-corrected chi connectivity index (χ2v) is 4.71. The number of hydrogen-bond donors (Lipinski definition) is 1. The molecule has 0 radical (unpaired) electrons. The van der Waals surface area contributed by atoms with Crippen molar-refractivity contribution in [3.05, 3.63) is 16.3 Å². The Hall–Kier alpha value is -1.01. The number of carbonyl (C=O) groups is 2. The zero-order chi connectivity index (χ0) is 11.3. The molecule has 0 aliphatic carbocycles. The fourth-order valence-electron chi connectivity index (χ4n) is 0.861. The molecule has 0 saturated carbocycles. The molecule has 1 rings (SSSR count). The van der Waals surface area contributed by atoms with Gasteiger partial charge < -0.3 is 9.84 Å². The van der Waals surface area contributed by atoms with Crippen molar-refractivity contribution in [2.24, 2.45) is 0 Å². The van der Waals surface area contributed by atoms with Crippen LogP contribution in [0.15, 0.2) is 16.3 Å². The molecule has 0 spiro atoms. The molecule has 82 valence electrons.